The molecule has 1 amide bonds. The Bertz CT molecular complexity index is 692. The van der Waals surface area contributed by atoms with Crippen molar-refractivity contribution in [2.24, 2.45) is 10.3 Å². The van der Waals surface area contributed by atoms with Gasteiger partial charge in [0.05, 0.1) is 12.2 Å². The van der Waals surface area contributed by atoms with Gasteiger partial charge in [0.15, 0.2) is 11.6 Å². The van der Waals surface area contributed by atoms with E-state index in [0.29, 0.717) is 12.5 Å². The molecule has 0 spiro atoms. The topological polar surface area (TPSA) is 72.8 Å². The Morgan fingerprint density at radius 2 is 1.96 bits per heavy atom. The summed E-state index contributed by atoms with van der Waals surface area (Å²) in [7, 11) is -2.95. The van der Waals surface area contributed by atoms with Crippen molar-refractivity contribution < 1.29 is 22.3 Å². The molecule has 23 heavy (non-hydrogen) atoms. The first-order valence-electron chi connectivity index (χ1n) is 6.94. The zero-order valence-electron chi connectivity index (χ0n) is 11.7. The van der Waals surface area contributed by atoms with Crippen molar-refractivity contribution >= 4 is 28.0 Å². The summed E-state index contributed by atoms with van der Waals surface area (Å²) in [6.45, 7) is 0.343. The minimum absolute atomic E-state index is 0. The predicted octanol–water partition coefficient (Wildman–Crippen LogP) is 4.28. The fourth-order valence-corrected chi connectivity index (χ4v) is 2.95. The van der Waals surface area contributed by atoms with E-state index in [1.165, 1.54) is 12.5 Å². The third-order valence-corrected chi connectivity index (χ3v) is 4.12. The molecule has 1 aliphatic carbocycles. The number of rotatable bonds is 4. The van der Waals surface area contributed by atoms with E-state index >= 15 is 0 Å². The fraction of sp³-hybridized carbons (Fsp3) is 0.533. The molecule has 0 aliphatic heterocycles. The van der Waals surface area contributed by atoms with Crippen molar-refractivity contribution in [3.05, 3.63) is 28.5 Å². The van der Waals surface area contributed by atoms with Gasteiger partial charge in [-0.05, 0) is 24.8 Å². The molecule has 1 aromatic carbocycles. The molecule has 0 N–H and O–H groups in total. The number of carbonyl (C=O) groups excluding carboxylic acids is 1. The monoisotopic (exact) mass is 363 g/mol. The number of ether oxygens (including phenoxy) is 1. The van der Waals surface area contributed by atoms with Gasteiger partial charge in [0.1, 0.15) is 0 Å². The molecule has 5 nitrogen and oxygen atoms in total. The average molecular weight is 364 g/mol. The van der Waals surface area contributed by atoms with Crippen LogP contribution in [0.15, 0.2) is 16.5 Å². The summed E-state index contributed by atoms with van der Waals surface area (Å²) in [5, 5.41) is 0.0790. The highest BCUT2D eigenvalue weighted by molar-refractivity contribution is 7.62. The molecule has 1 saturated carbocycles. The van der Waals surface area contributed by atoms with Crippen LogP contribution in [0.25, 0.3) is 0 Å². The van der Waals surface area contributed by atoms with Gasteiger partial charge < -0.3 is 4.74 Å². The molecule has 0 aromatic heterocycles. The molecule has 2 rings (SSSR count). The van der Waals surface area contributed by atoms with Crippen molar-refractivity contribution in [3.8, 4) is 5.75 Å². The Balaban J connectivity index is 0.00000264. The lowest BCUT2D eigenvalue weighted by Crippen LogP contribution is -2.16. The van der Waals surface area contributed by atoms with Gasteiger partial charge in [0.25, 0.3) is 5.91 Å². The lowest BCUT2D eigenvalue weighted by atomic mass is 9.90. The van der Waals surface area contributed by atoms with Crippen molar-refractivity contribution in [1.29, 1.82) is 0 Å². The van der Waals surface area contributed by atoms with Gasteiger partial charge in [0.2, 0.25) is 0 Å². The van der Waals surface area contributed by atoms with E-state index in [0.717, 1.165) is 31.7 Å². The SMILES string of the molecule is C.O=C(N=S(=O)=O)c1cc(Cl)cc(OCC2CCCCC2)c1F. The molecule has 0 radical (unpaired) electrons. The van der Waals surface area contributed by atoms with Crippen LogP contribution in [-0.2, 0) is 10.5 Å². The largest absolute Gasteiger partial charge is 0.490 e. The molecular weight excluding hydrogens is 345 g/mol. The van der Waals surface area contributed by atoms with Crippen LogP contribution in [0.3, 0.4) is 0 Å². The Kier molecular flexibility index (Phi) is 7.64. The summed E-state index contributed by atoms with van der Waals surface area (Å²) < 4.78 is 43.3. The molecule has 0 atom stereocenters. The quantitative estimate of drug-likeness (QED) is 0.800. The lowest BCUT2D eigenvalue weighted by Gasteiger charge is -2.22. The molecule has 128 valence electrons. The highest BCUT2D eigenvalue weighted by Gasteiger charge is 2.20. The smallest absolute Gasteiger partial charge is 0.319 e. The van der Waals surface area contributed by atoms with E-state index in [9.17, 15) is 17.6 Å². The molecule has 1 fully saturated rings. The maximum atomic E-state index is 14.2. The summed E-state index contributed by atoms with van der Waals surface area (Å²) in [5.41, 5.74) is -0.518. The van der Waals surface area contributed by atoms with Crippen LogP contribution in [0.1, 0.15) is 49.9 Å². The van der Waals surface area contributed by atoms with Crippen LogP contribution in [0.4, 0.5) is 4.39 Å². The van der Waals surface area contributed by atoms with E-state index in [1.54, 1.807) is 0 Å². The van der Waals surface area contributed by atoms with E-state index in [1.807, 2.05) is 0 Å². The number of benzene rings is 1. The van der Waals surface area contributed by atoms with Gasteiger partial charge >= 0.3 is 10.5 Å². The number of hydrogen-bond acceptors (Lipinski definition) is 4. The molecule has 8 heteroatoms. The number of nitrogens with zero attached hydrogens (tertiary/aromatic N) is 1. The Morgan fingerprint density at radius 3 is 2.57 bits per heavy atom. The highest BCUT2D eigenvalue weighted by Crippen LogP contribution is 2.29. The van der Waals surface area contributed by atoms with Gasteiger partial charge in [-0.15, -0.1) is 0 Å². The minimum Gasteiger partial charge on any atom is -0.490 e. The van der Waals surface area contributed by atoms with Crippen molar-refractivity contribution in [1.82, 2.24) is 0 Å². The summed E-state index contributed by atoms with van der Waals surface area (Å²) >= 11 is 5.83. The Hall–Kier alpha value is -1.47. The third-order valence-electron chi connectivity index (χ3n) is 3.59. The van der Waals surface area contributed by atoms with E-state index in [2.05, 4.69) is 4.36 Å². The number of hydrogen-bond donors (Lipinski definition) is 0. The van der Waals surface area contributed by atoms with Gasteiger partial charge in [-0.2, -0.15) is 8.42 Å². The number of amides is 1. The lowest BCUT2D eigenvalue weighted by molar-refractivity contribution is 0.0999. The summed E-state index contributed by atoms with van der Waals surface area (Å²) in [5.74, 6) is -1.96. The highest BCUT2D eigenvalue weighted by atomic mass is 35.5. The zero-order valence-corrected chi connectivity index (χ0v) is 13.3. The molecule has 0 heterocycles. The second kappa shape index (κ2) is 8.98. The third kappa shape index (κ3) is 5.58. The molecular formula is C15H19ClFNO4S. The summed E-state index contributed by atoms with van der Waals surface area (Å²) in [6, 6.07) is 2.30. The van der Waals surface area contributed by atoms with Crippen LogP contribution in [0.5, 0.6) is 5.75 Å². The van der Waals surface area contributed by atoms with Crippen LogP contribution >= 0.6 is 11.6 Å². The first-order chi connectivity index (χ1) is 10.5. The van der Waals surface area contributed by atoms with Crippen molar-refractivity contribution in [2.75, 3.05) is 6.61 Å². The van der Waals surface area contributed by atoms with Gasteiger partial charge in [-0.3, -0.25) is 4.79 Å². The molecule has 1 aliphatic rings. The normalized spacial score (nSPS) is 14.7. The maximum absolute atomic E-state index is 14.2. The number of halogens is 2. The number of carbonyl (C=O) groups is 1. The van der Waals surface area contributed by atoms with Gasteiger partial charge in [0, 0.05) is 11.1 Å². The molecule has 0 saturated heterocycles. The molecule has 0 bridgehead atoms. The standard InChI is InChI=1S/C14H15ClFNO4S.CH4/c15-10-6-11(14(18)17-22(19)20)13(16)12(7-10)21-8-9-4-2-1-3-5-9;/h6-7,9H,1-5,8H2;1H4. The van der Waals surface area contributed by atoms with E-state index in [-0.39, 0.29) is 18.2 Å². The van der Waals surface area contributed by atoms with Gasteiger partial charge in [-0.25, -0.2) is 4.39 Å². The van der Waals surface area contributed by atoms with E-state index < -0.39 is 27.8 Å². The second-order valence-electron chi connectivity index (χ2n) is 5.19. The Morgan fingerprint density at radius 1 is 1.30 bits per heavy atom. The molecule has 0 unspecified atom stereocenters. The molecule has 1 aromatic rings. The summed E-state index contributed by atoms with van der Waals surface area (Å²) in [4.78, 5) is 11.6. The zero-order chi connectivity index (χ0) is 16.1. The first kappa shape index (κ1) is 19.6. The van der Waals surface area contributed by atoms with Crippen LogP contribution in [-0.4, -0.2) is 20.9 Å². The van der Waals surface area contributed by atoms with Crippen LogP contribution < -0.4 is 4.74 Å². The average Bonchev–Trinajstić information content (AvgIpc) is 2.48. The second-order valence-corrected chi connectivity index (χ2v) is 6.25. The maximum Gasteiger partial charge on any atom is 0.319 e. The minimum atomic E-state index is -2.95. The predicted molar refractivity (Wildman–Crippen MR) is 85.9 cm³/mol. The Labute approximate surface area is 141 Å². The van der Waals surface area contributed by atoms with Crippen molar-refractivity contribution in [2.45, 2.75) is 39.5 Å². The van der Waals surface area contributed by atoms with Gasteiger partial charge in [-0.1, -0.05) is 42.7 Å². The van der Waals surface area contributed by atoms with Crippen molar-refractivity contribution in [3.63, 3.8) is 0 Å². The van der Waals surface area contributed by atoms with Crippen LogP contribution in [0.2, 0.25) is 5.02 Å². The van der Waals surface area contributed by atoms with Crippen LogP contribution in [0, 0.1) is 11.7 Å². The first-order valence-corrected chi connectivity index (χ1v) is 8.35. The summed E-state index contributed by atoms with van der Waals surface area (Å²) in [6.07, 6.45) is 5.51. The fourth-order valence-electron chi connectivity index (χ4n) is 2.50. The van der Waals surface area contributed by atoms with E-state index in [4.69, 9.17) is 16.3 Å².